The molecule has 1 rings (SSSR count). The summed E-state index contributed by atoms with van der Waals surface area (Å²) < 4.78 is 0. The van der Waals surface area contributed by atoms with Gasteiger partial charge in [-0.1, -0.05) is 39.5 Å². The van der Waals surface area contributed by atoms with Crippen molar-refractivity contribution in [1.82, 2.24) is 4.98 Å². The number of nitriles is 1. The SMILES string of the molecule is CCCCCc1cc(SC#N)[nH]c1CCCCC. The summed E-state index contributed by atoms with van der Waals surface area (Å²) in [5.74, 6) is 0. The molecule has 2 nitrogen and oxygen atoms in total. The monoisotopic (exact) mass is 264 g/mol. The third-order valence-corrected chi connectivity index (χ3v) is 3.73. The Kier molecular flexibility index (Phi) is 7.68. The first-order valence-electron chi connectivity index (χ1n) is 7.08. The molecule has 0 aromatic carbocycles. The van der Waals surface area contributed by atoms with E-state index < -0.39 is 0 Å². The van der Waals surface area contributed by atoms with Crippen LogP contribution in [0, 0.1) is 10.7 Å². The predicted octanol–water partition coefficient (Wildman–Crippen LogP) is 5.05. The molecule has 0 spiro atoms. The number of rotatable bonds is 9. The summed E-state index contributed by atoms with van der Waals surface area (Å²) in [5, 5.41) is 11.9. The summed E-state index contributed by atoms with van der Waals surface area (Å²) in [5.41, 5.74) is 2.79. The van der Waals surface area contributed by atoms with E-state index in [4.69, 9.17) is 5.26 Å². The van der Waals surface area contributed by atoms with E-state index in [1.165, 1.54) is 61.5 Å². The third kappa shape index (κ3) is 5.18. The molecule has 1 aromatic rings. The van der Waals surface area contributed by atoms with Gasteiger partial charge in [-0.15, -0.1) is 0 Å². The number of nitrogens with zero attached hydrogens (tertiary/aromatic N) is 1. The van der Waals surface area contributed by atoms with Crippen LogP contribution in [-0.4, -0.2) is 4.98 Å². The summed E-state index contributed by atoms with van der Waals surface area (Å²) >= 11 is 1.24. The first kappa shape index (κ1) is 15.2. The van der Waals surface area contributed by atoms with Gasteiger partial charge in [0.1, 0.15) is 5.40 Å². The van der Waals surface area contributed by atoms with Crippen LogP contribution in [0.4, 0.5) is 0 Å². The molecule has 0 saturated heterocycles. The molecule has 0 bridgehead atoms. The summed E-state index contributed by atoms with van der Waals surface area (Å²) in [7, 11) is 0. The number of nitrogens with one attached hydrogen (secondary N) is 1. The minimum atomic E-state index is 1.01. The lowest BCUT2D eigenvalue weighted by Gasteiger charge is -2.03. The molecule has 18 heavy (non-hydrogen) atoms. The maximum atomic E-state index is 8.74. The highest BCUT2D eigenvalue weighted by Crippen LogP contribution is 2.23. The minimum Gasteiger partial charge on any atom is -0.353 e. The minimum absolute atomic E-state index is 1.01. The van der Waals surface area contributed by atoms with Crippen molar-refractivity contribution in [3.8, 4) is 5.40 Å². The van der Waals surface area contributed by atoms with Crippen LogP contribution in [0.3, 0.4) is 0 Å². The maximum Gasteiger partial charge on any atom is 0.140 e. The quantitative estimate of drug-likeness (QED) is 0.385. The van der Waals surface area contributed by atoms with E-state index >= 15 is 0 Å². The molecular weight excluding hydrogens is 240 g/mol. The Hall–Kier alpha value is -0.880. The highest BCUT2D eigenvalue weighted by atomic mass is 32.2. The zero-order valence-electron chi connectivity index (χ0n) is 11.6. The van der Waals surface area contributed by atoms with Crippen molar-refractivity contribution in [3.05, 3.63) is 17.3 Å². The van der Waals surface area contributed by atoms with E-state index in [1.54, 1.807) is 0 Å². The van der Waals surface area contributed by atoms with Crippen molar-refractivity contribution in [3.63, 3.8) is 0 Å². The van der Waals surface area contributed by atoms with Crippen LogP contribution in [0.5, 0.6) is 0 Å². The van der Waals surface area contributed by atoms with Crippen LogP contribution in [-0.2, 0) is 12.8 Å². The standard InChI is InChI=1S/C15H24N2S/c1-3-5-7-9-13-11-15(18-12-16)17-14(13)10-8-6-4-2/h11,17H,3-10H2,1-2H3. The molecule has 0 saturated carbocycles. The summed E-state index contributed by atoms with van der Waals surface area (Å²) in [4.78, 5) is 3.41. The first-order valence-corrected chi connectivity index (χ1v) is 7.90. The molecule has 0 atom stereocenters. The Balaban J connectivity index is 2.61. The number of thioether (sulfide) groups is 1. The van der Waals surface area contributed by atoms with Gasteiger partial charge in [-0.25, -0.2) is 0 Å². The first-order chi connectivity index (χ1) is 8.81. The highest BCUT2D eigenvalue weighted by Gasteiger charge is 2.08. The van der Waals surface area contributed by atoms with Gasteiger partial charge in [-0.3, -0.25) is 0 Å². The Labute approximate surface area is 115 Å². The molecule has 0 amide bonds. The Morgan fingerprint density at radius 2 is 1.78 bits per heavy atom. The van der Waals surface area contributed by atoms with Crippen molar-refractivity contribution in [2.24, 2.45) is 0 Å². The number of hydrogen-bond acceptors (Lipinski definition) is 2. The molecule has 1 aromatic heterocycles. The Morgan fingerprint density at radius 1 is 1.11 bits per heavy atom. The zero-order valence-corrected chi connectivity index (χ0v) is 12.4. The Bertz CT molecular complexity index is 349. The van der Waals surface area contributed by atoms with Crippen LogP contribution in [0.2, 0.25) is 0 Å². The van der Waals surface area contributed by atoms with E-state index in [1.807, 2.05) is 0 Å². The van der Waals surface area contributed by atoms with Crippen LogP contribution >= 0.6 is 11.8 Å². The van der Waals surface area contributed by atoms with E-state index in [9.17, 15) is 0 Å². The number of aromatic amines is 1. The number of aromatic nitrogens is 1. The number of aryl methyl sites for hydroxylation is 2. The molecule has 3 heteroatoms. The second kappa shape index (κ2) is 9.10. The Morgan fingerprint density at radius 3 is 2.39 bits per heavy atom. The predicted molar refractivity (Wildman–Crippen MR) is 78.7 cm³/mol. The molecule has 0 unspecified atom stereocenters. The van der Waals surface area contributed by atoms with Crippen LogP contribution < -0.4 is 0 Å². The van der Waals surface area contributed by atoms with Crippen molar-refractivity contribution in [2.75, 3.05) is 0 Å². The van der Waals surface area contributed by atoms with E-state index in [-0.39, 0.29) is 0 Å². The molecule has 0 aliphatic heterocycles. The zero-order chi connectivity index (χ0) is 13.2. The normalized spacial score (nSPS) is 10.5. The summed E-state index contributed by atoms with van der Waals surface area (Å²) in [6.07, 6.45) is 9.87. The number of hydrogen-bond donors (Lipinski definition) is 1. The second-order valence-electron chi connectivity index (χ2n) is 4.74. The van der Waals surface area contributed by atoms with Gasteiger partial charge < -0.3 is 4.98 Å². The molecule has 100 valence electrons. The van der Waals surface area contributed by atoms with Crippen molar-refractivity contribution in [2.45, 2.75) is 70.2 Å². The van der Waals surface area contributed by atoms with E-state index in [2.05, 4.69) is 30.3 Å². The van der Waals surface area contributed by atoms with Gasteiger partial charge in [0.05, 0.1) is 5.03 Å². The lowest BCUT2D eigenvalue weighted by Crippen LogP contribution is -1.93. The van der Waals surface area contributed by atoms with Crippen molar-refractivity contribution < 1.29 is 0 Å². The largest absolute Gasteiger partial charge is 0.353 e. The van der Waals surface area contributed by atoms with Crippen molar-refractivity contribution >= 4 is 11.8 Å². The van der Waals surface area contributed by atoms with E-state index in [0.29, 0.717) is 0 Å². The molecule has 1 heterocycles. The van der Waals surface area contributed by atoms with Crippen LogP contribution in [0.25, 0.3) is 0 Å². The molecule has 0 fully saturated rings. The molecule has 0 aliphatic rings. The van der Waals surface area contributed by atoms with Gasteiger partial charge in [-0.2, -0.15) is 5.26 Å². The smallest absolute Gasteiger partial charge is 0.140 e. The average Bonchev–Trinajstić information content (AvgIpc) is 2.73. The fraction of sp³-hybridized carbons (Fsp3) is 0.667. The van der Waals surface area contributed by atoms with Crippen molar-refractivity contribution in [1.29, 1.82) is 5.26 Å². The fourth-order valence-electron chi connectivity index (χ4n) is 2.18. The second-order valence-corrected chi connectivity index (χ2v) is 5.57. The molecule has 0 aliphatic carbocycles. The van der Waals surface area contributed by atoms with Crippen LogP contribution in [0.1, 0.15) is 63.6 Å². The fourth-order valence-corrected chi connectivity index (χ4v) is 2.65. The number of H-pyrrole nitrogens is 1. The molecule has 1 N–H and O–H groups in total. The lowest BCUT2D eigenvalue weighted by atomic mass is 10.0. The highest BCUT2D eigenvalue weighted by molar-refractivity contribution is 8.03. The van der Waals surface area contributed by atoms with Crippen LogP contribution in [0.15, 0.2) is 11.1 Å². The lowest BCUT2D eigenvalue weighted by molar-refractivity contribution is 0.688. The number of unbranched alkanes of at least 4 members (excludes halogenated alkanes) is 4. The summed E-state index contributed by atoms with van der Waals surface area (Å²) in [6, 6.07) is 2.17. The maximum absolute atomic E-state index is 8.74. The van der Waals surface area contributed by atoms with Gasteiger partial charge in [0.15, 0.2) is 0 Å². The van der Waals surface area contributed by atoms with E-state index in [0.717, 1.165) is 17.9 Å². The van der Waals surface area contributed by atoms with Gasteiger partial charge in [-0.05, 0) is 37.3 Å². The van der Waals surface area contributed by atoms with Gasteiger partial charge >= 0.3 is 0 Å². The van der Waals surface area contributed by atoms with Gasteiger partial charge in [0.25, 0.3) is 0 Å². The van der Waals surface area contributed by atoms with Gasteiger partial charge in [0, 0.05) is 17.5 Å². The average molecular weight is 264 g/mol. The third-order valence-electron chi connectivity index (χ3n) is 3.20. The number of thiocyanates is 1. The topological polar surface area (TPSA) is 39.6 Å². The summed E-state index contributed by atoms with van der Waals surface area (Å²) in [6.45, 7) is 4.46. The molecular formula is C15H24N2S. The van der Waals surface area contributed by atoms with Gasteiger partial charge in [0.2, 0.25) is 0 Å². The molecule has 0 radical (unpaired) electrons.